The Balaban J connectivity index is 0.901. The van der Waals surface area contributed by atoms with Crippen LogP contribution in [0.3, 0.4) is 0 Å². The van der Waals surface area contributed by atoms with E-state index in [1.807, 2.05) is 57.9 Å². The highest BCUT2D eigenvalue weighted by atomic mass is 16.6. The normalized spacial score (nSPS) is 12.9. The lowest BCUT2D eigenvalue weighted by Gasteiger charge is -2.33. The minimum Gasteiger partial charge on any atom is -0.252 e. The van der Waals surface area contributed by atoms with Crippen LogP contribution in [0.4, 0.5) is 0 Å². The summed E-state index contributed by atoms with van der Waals surface area (Å²) in [6.07, 6.45) is 15.5. The quantitative estimate of drug-likeness (QED) is 0.0857. The Hall–Kier alpha value is -6.22. The number of rotatable bonds is 17. The van der Waals surface area contributed by atoms with Crippen LogP contribution in [-0.2, 0) is 18.5 Å². The molecule has 0 saturated heterocycles. The molecule has 0 spiro atoms. The minimum absolute atomic E-state index is 0.0646. The molecule has 0 fully saturated rings. The minimum atomic E-state index is -0.0646. The van der Waals surface area contributed by atoms with Gasteiger partial charge in [-0.25, -0.2) is 4.63 Å². The summed E-state index contributed by atoms with van der Waals surface area (Å²) < 4.78 is 9.15. The van der Waals surface area contributed by atoms with Crippen molar-refractivity contribution in [2.45, 2.75) is 82.7 Å². The smallest absolute Gasteiger partial charge is 0.143 e. The third-order valence-corrected chi connectivity index (χ3v) is 11.6. The first kappa shape index (κ1) is 35.5. The van der Waals surface area contributed by atoms with Gasteiger partial charge in [0.1, 0.15) is 22.4 Å². The van der Waals surface area contributed by atoms with E-state index in [1.165, 1.54) is 35.1 Å². The van der Waals surface area contributed by atoms with Crippen molar-refractivity contribution in [2.24, 2.45) is 0 Å². The Kier molecular flexibility index (Phi) is 10.3. The number of aromatic nitrogens is 8. The molecule has 1 aliphatic carbocycles. The van der Waals surface area contributed by atoms with E-state index in [9.17, 15) is 0 Å². The third kappa shape index (κ3) is 7.29. The van der Waals surface area contributed by atoms with Crippen LogP contribution >= 0.6 is 0 Å². The maximum atomic E-state index is 5.16. The average molecular weight is 739 g/mol. The summed E-state index contributed by atoms with van der Waals surface area (Å²) in [4.78, 5) is 0. The van der Waals surface area contributed by atoms with Crippen LogP contribution in [0.1, 0.15) is 75.3 Å². The second kappa shape index (κ2) is 16.3. The van der Waals surface area contributed by atoms with E-state index >= 15 is 0 Å². The Morgan fingerprint density at radius 2 is 1.04 bits per heavy atom. The van der Waals surface area contributed by atoms with Crippen LogP contribution in [0, 0.1) is 0 Å². The van der Waals surface area contributed by atoms with Gasteiger partial charge in [0, 0.05) is 35.2 Å². The van der Waals surface area contributed by atoms with Crippen molar-refractivity contribution in [2.75, 3.05) is 0 Å². The number of nitrogens with zero attached hydrogens (tertiary/aromatic N) is 8. The Morgan fingerprint density at radius 1 is 0.464 bits per heavy atom. The van der Waals surface area contributed by atoms with E-state index in [0.717, 1.165) is 109 Å². The van der Waals surface area contributed by atoms with Gasteiger partial charge in [-0.2, -0.15) is 0 Å². The molecule has 0 radical (unpaired) electrons. The number of benzene rings is 5. The SMILES string of the molecule is c1ccc(-c2cn(CCCCCCC3(CCCCCCn4cc(-c5ccccc5)nn4)c4ccccc4-c4ccc(-c5cccc6nonc56)cc43)nn2)cc1. The van der Waals surface area contributed by atoms with E-state index in [-0.39, 0.29) is 5.41 Å². The molecule has 9 heteroatoms. The lowest BCUT2D eigenvalue weighted by atomic mass is 9.70. The molecule has 5 aromatic carbocycles. The number of hydrogen-bond donors (Lipinski definition) is 0. The molecule has 0 saturated carbocycles. The predicted octanol–water partition coefficient (Wildman–Crippen LogP) is 11.0. The fraction of sp³-hybridized carbons (Fsp3) is 0.277. The van der Waals surface area contributed by atoms with Gasteiger partial charge in [-0.1, -0.05) is 158 Å². The Bertz CT molecular complexity index is 2430. The fourth-order valence-electron chi connectivity index (χ4n) is 8.73. The highest BCUT2D eigenvalue weighted by molar-refractivity contribution is 5.93. The number of hydrogen-bond acceptors (Lipinski definition) is 7. The van der Waals surface area contributed by atoms with E-state index < -0.39 is 0 Å². The molecule has 0 amide bonds. The molecule has 56 heavy (non-hydrogen) atoms. The van der Waals surface area contributed by atoms with Gasteiger partial charge < -0.3 is 0 Å². The Morgan fingerprint density at radius 3 is 1.70 bits per heavy atom. The molecule has 3 heterocycles. The zero-order chi connectivity index (χ0) is 37.6. The van der Waals surface area contributed by atoms with Crippen LogP contribution in [0.5, 0.6) is 0 Å². The molecule has 3 aromatic heterocycles. The van der Waals surface area contributed by atoms with Gasteiger partial charge in [0.2, 0.25) is 0 Å². The molecule has 8 aromatic rings. The predicted molar refractivity (Wildman–Crippen MR) is 221 cm³/mol. The summed E-state index contributed by atoms with van der Waals surface area (Å²) in [5.41, 5.74) is 13.4. The first-order chi connectivity index (χ1) is 27.7. The van der Waals surface area contributed by atoms with Crippen LogP contribution in [0.2, 0.25) is 0 Å². The number of aryl methyl sites for hydroxylation is 2. The standard InChI is InChI=1S/C47H46N8O/c1(3-15-30-54-33-44(48-52-54)35-18-7-5-8-19-35)13-28-47(29-14-2-4-16-31-55-34-45(49-53-55)36-20-9-6-10-21-36)41-24-12-11-22-39(41)40-27-26-37(32-42(40)47)38-23-17-25-43-46(38)51-56-50-43/h5-12,17-27,32-34H,1-4,13-16,28-31H2. The first-order valence-electron chi connectivity index (χ1n) is 20.1. The van der Waals surface area contributed by atoms with E-state index in [1.54, 1.807) is 0 Å². The van der Waals surface area contributed by atoms with Gasteiger partial charge in [0.05, 0.1) is 12.4 Å². The van der Waals surface area contributed by atoms with Crippen molar-refractivity contribution < 1.29 is 4.63 Å². The number of fused-ring (bicyclic) bond motifs is 4. The van der Waals surface area contributed by atoms with Crippen molar-refractivity contribution in [3.63, 3.8) is 0 Å². The molecule has 9 nitrogen and oxygen atoms in total. The van der Waals surface area contributed by atoms with Gasteiger partial charge in [-0.3, -0.25) is 9.36 Å². The highest BCUT2D eigenvalue weighted by Crippen LogP contribution is 2.55. The summed E-state index contributed by atoms with van der Waals surface area (Å²) in [6.45, 7) is 1.76. The van der Waals surface area contributed by atoms with Crippen molar-refractivity contribution in [1.82, 2.24) is 40.3 Å². The van der Waals surface area contributed by atoms with Gasteiger partial charge >= 0.3 is 0 Å². The molecule has 0 aliphatic heterocycles. The van der Waals surface area contributed by atoms with E-state index in [4.69, 9.17) is 4.63 Å². The maximum absolute atomic E-state index is 5.16. The van der Waals surface area contributed by atoms with Gasteiger partial charge in [0.25, 0.3) is 0 Å². The van der Waals surface area contributed by atoms with Crippen molar-refractivity contribution >= 4 is 11.0 Å². The van der Waals surface area contributed by atoms with Crippen molar-refractivity contribution in [1.29, 1.82) is 0 Å². The van der Waals surface area contributed by atoms with Gasteiger partial charge in [-0.15, -0.1) is 10.2 Å². The highest BCUT2D eigenvalue weighted by Gasteiger charge is 2.42. The molecule has 280 valence electrons. The van der Waals surface area contributed by atoms with Crippen molar-refractivity contribution in [3.8, 4) is 44.8 Å². The van der Waals surface area contributed by atoms with E-state index in [2.05, 4.69) is 116 Å². The summed E-state index contributed by atoms with van der Waals surface area (Å²) in [5, 5.41) is 26.1. The monoisotopic (exact) mass is 738 g/mol. The summed E-state index contributed by atoms with van der Waals surface area (Å²) in [7, 11) is 0. The van der Waals surface area contributed by atoms with Gasteiger partial charge in [-0.05, 0) is 75.9 Å². The van der Waals surface area contributed by atoms with Crippen LogP contribution in [0.25, 0.3) is 55.8 Å². The topological polar surface area (TPSA) is 100 Å². The van der Waals surface area contributed by atoms with Crippen LogP contribution < -0.4 is 0 Å². The molecule has 0 bridgehead atoms. The second-order valence-electron chi connectivity index (χ2n) is 15.1. The van der Waals surface area contributed by atoms with Crippen LogP contribution in [-0.4, -0.2) is 40.3 Å². The second-order valence-corrected chi connectivity index (χ2v) is 15.1. The molecular weight excluding hydrogens is 693 g/mol. The summed E-state index contributed by atoms with van der Waals surface area (Å²) in [5.74, 6) is 0. The molecule has 0 unspecified atom stereocenters. The van der Waals surface area contributed by atoms with Crippen molar-refractivity contribution in [3.05, 3.63) is 145 Å². The Labute approximate surface area is 327 Å². The maximum Gasteiger partial charge on any atom is 0.143 e. The van der Waals surface area contributed by atoms with E-state index in [0.29, 0.717) is 0 Å². The molecular formula is C47H46N8O. The first-order valence-corrected chi connectivity index (χ1v) is 20.1. The average Bonchev–Trinajstić information content (AvgIpc) is 4.08. The summed E-state index contributed by atoms with van der Waals surface area (Å²) in [6, 6.07) is 42.8. The zero-order valence-corrected chi connectivity index (χ0v) is 31.7. The molecule has 1 aliphatic rings. The van der Waals surface area contributed by atoms with Gasteiger partial charge in [0.15, 0.2) is 0 Å². The molecule has 0 N–H and O–H groups in total. The van der Waals surface area contributed by atoms with Crippen LogP contribution in [0.15, 0.2) is 138 Å². The lowest BCUT2D eigenvalue weighted by molar-refractivity contribution is 0.315. The zero-order valence-electron chi connectivity index (χ0n) is 31.7. The fourth-order valence-corrected chi connectivity index (χ4v) is 8.73. The largest absolute Gasteiger partial charge is 0.252 e. The molecule has 9 rings (SSSR count). The molecule has 0 atom stereocenters. The lowest BCUT2D eigenvalue weighted by Crippen LogP contribution is -2.25. The summed E-state index contributed by atoms with van der Waals surface area (Å²) >= 11 is 0. The third-order valence-electron chi connectivity index (χ3n) is 11.6. The number of unbranched alkanes of at least 4 members (excludes halogenated alkanes) is 6.